The van der Waals surface area contributed by atoms with Crippen LogP contribution in [0, 0.1) is 5.92 Å². The van der Waals surface area contributed by atoms with Crippen LogP contribution in [0.1, 0.15) is 10.4 Å². The van der Waals surface area contributed by atoms with Gasteiger partial charge in [0.2, 0.25) is 0 Å². The summed E-state index contributed by atoms with van der Waals surface area (Å²) in [6.07, 6.45) is 5.12. The van der Waals surface area contributed by atoms with Gasteiger partial charge < -0.3 is 9.88 Å². The highest BCUT2D eigenvalue weighted by molar-refractivity contribution is 7.92. The molecule has 4 heterocycles. The number of rotatable bonds is 5. The first kappa shape index (κ1) is 18.9. The van der Waals surface area contributed by atoms with Gasteiger partial charge in [-0.1, -0.05) is 0 Å². The molecule has 0 radical (unpaired) electrons. The van der Waals surface area contributed by atoms with Crippen molar-refractivity contribution >= 4 is 15.7 Å². The molecule has 0 unspecified atom stereocenters. The number of carbonyl (C=O) groups excluding carboxylic acids is 1. The number of carbonyl (C=O) groups is 1. The molecule has 10 heteroatoms. The Labute approximate surface area is 162 Å². The van der Waals surface area contributed by atoms with E-state index in [1.54, 1.807) is 19.3 Å². The fraction of sp³-hybridized carbons (Fsp3) is 0.500. The second-order valence-electron chi connectivity index (χ2n) is 7.51. The summed E-state index contributed by atoms with van der Waals surface area (Å²) in [5.74, 6) is -0.599. The molecule has 2 saturated heterocycles. The van der Waals surface area contributed by atoms with Crippen LogP contribution in [0.15, 0.2) is 41.6 Å². The number of pyridine rings is 1. The lowest BCUT2D eigenvalue weighted by molar-refractivity contribution is 0.0930. The number of hydrogen-bond acceptors (Lipinski definition) is 6. The van der Waals surface area contributed by atoms with Crippen molar-refractivity contribution in [3.05, 3.63) is 52.7 Å². The van der Waals surface area contributed by atoms with Crippen molar-refractivity contribution in [1.82, 2.24) is 24.6 Å². The van der Waals surface area contributed by atoms with Crippen LogP contribution in [0.2, 0.25) is 0 Å². The number of fused-ring (bicyclic) bond motifs is 1. The van der Waals surface area contributed by atoms with Gasteiger partial charge in [-0.3, -0.25) is 19.2 Å². The van der Waals surface area contributed by atoms with Crippen molar-refractivity contribution in [1.29, 1.82) is 0 Å². The standard InChI is InChI=1S/C18H23N5O4S/c1-21-6-3-13(9-17(21)24)18(25)20-15-12-28(26,27)16-11-22(10-14(15)16)7-8-23-5-2-4-19-23/h2-6,9,14-16H,7-8,10-12H2,1H3,(H,20,25)/t14-,15+,16-/m0/s1. The summed E-state index contributed by atoms with van der Waals surface area (Å²) in [5.41, 5.74) is -0.0345. The first-order valence-corrected chi connectivity index (χ1v) is 10.9. The maximum absolute atomic E-state index is 12.6. The van der Waals surface area contributed by atoms with Gasteiger partial charge in [-0.05, 0) is 12.1 Å². The molecule has 150 valence electrons. The number of aromatic nitrogens is 3. The Morgan fingerprint density at radius 1 is 1.29 bits per heavy atom. The molecule has 1 N–H and O–H groups in total. The lowest BCUT2D eigenvalue weighted by Crippen LogP contribution is -2.42. The first-order chi connectivity index (χ1) is 13.3. The molecular weight excluding hydrogens is 382 g/mol. The first-order valence-electron chi connectivity index (χ1n) is 9.22. The zero-order chi connectivity index (χ0) is 19.9. The zero-order valence-corrected chi connectivity index (χ0v) is 16.4. The molecule has 0 aromatic carbocycles. The van der Waals surface area contributed by atoms with Crippen LogP contribution in [0.4, 0.5) is 0 Å². The average Bonchev–Trinajstić information content (AvgIpc) is 3.34. The highest BCUT2D eigenvalue weighted by Crippen LogP contribution is 2.34. The van der Waals surface area contributed by atoms with Gasteiger partial charge in [0, 0.05) is 68.9 Å². The Morgan fingerprint density at radius 3 is 2.82 bits per heavy atom. The van der Waals surface area contributed by atoms with E-state index in [0.29, 0.717) is 26.2 Å². The Hall–Kier alpha value is -2.46. The van der Waals surface area contributed by atoms with E-state index >= 15 is 0 Å². The minimum Gasteiger partial charge on any atom is -0.348 e. The minimum absolute atomic E-state index is 0.0497. The minimum atomic E-state index is -3.27. The quantitative estimate of drug-likeness (QED) is 0.692. The Balaban J connectivity index is 1.44. The summed E-state index contributed by atoms with van der Waals surface area (Å²) in [7, 11) is -1.66. The summed E-state index contributed by atoms with van der Waals surface area (Å²) in [4.78, 5) is 26.4. The molecule has 2 aromatic rings. The highest BCUT2D eigenvalue weighted by atomic mass is 32.2. The molecule has 9 nitrogen and oxygen atoms in total. The fourth-order valence-corrected chi connectivity index (χ4v) is 6.42. The number of nitrogens with zero attached hydrogens (tertiary/aromatic N) is 4. The van der Waals surface area contributed by atoms with Crippen LogP contribution >= 0.6 is 0 Å². The monoisotopic (exact) mass is 405 g/mol. The SMILES string of the molecule is Cn1ccc(C(=O)N[C@@H]2CS(=O)(=O)[C@H]3CN(CCn4cccn4)C[C@@H]23)cc1=O. The molecule has 4 rings (SSSR count). The smallest absolute Gasteiger partial charge is 0.251 e. The molecule has 0 aliphatic carbocycles. The normalized spacial score (nSPS) is 26.2. The zero-order valence-electron chi connectivity index (χ0n) is 15.6. The van der Waals surface area contributed by atoms with Gasteiger partial charge >= 0.3 is 0 Å². The summed E-state index contributed by atoms with van der Waals surface area (Å²) >= 11 is 0. The van der Waals surface area contributed by atoms with E-state index in [-0.39, 0.29) is 22.8 Å². The molecular formula is C18H23N5O4S. The number of amides is 1. The van der Waals surface area contributed by atoms with Crippen LogP contribution in [-0.2, 0) is 23.4 Å². The third-order valence-electron chi connectivity index (χ3n) is 5.66. The maximum Gasteiger partial charge on any atom is 0.251 e. The molecule has 2 fully saturated rings. The molecule has 1 amide bonds. The summed E-state index contributed by atoms with van der Waals surface area (Å²) in [6, 6.07) is 4.23. The van der Waals surface area contributed by atoms with Gasteiger partial charge in [-0.15, -0.1) is 0 Å². The highest BCUT2D eigenvalue weighted by Gasteiger charge is 2.52. The number of sulfone groups is 1. The number of aryl methyl sites for hydroxylation is 1. The number of nitrogens with one attached hydrogen (secondary N) is 1. The van der Waals surface area contributed by atoms with Gasteiger partial charge in [0.1, 0.15) is 0 Å². The van der Waals surface area contributed by atoms with E-state index in [1.165, 1.54) is 16.8 Å². The van der Waals surface area contributed by atoms with E-state index in [0.717, 1.165) is 0 Å². The maximum atomic E-state index is 12.6. The van der Waals surface area contributed by atoms with Gasteiger partial charge in [-0.25, -0.2) is 8.42 Å². The van der Waals surface area contributed by atoms with Crippen LogP contribution in [0.3, 0.4) is 0 Å². The molecule has 2 aromatic heterocycles. The van der Waals surface area contributed by atoms with E-state index in [9.17, 15) is 18.0 Å². The molecule has 0 saturated carbocycles. The van der Waals surface area contributed by atoms with Crippen LogP contribution < -0.4 is 10.9 Å². The lowest BCUT2D eigenvalue weighted by Gasteiger charge is -2.21. The van der Waals surface area contributed by atoms with Crippen molar-refractivity contribution in [2.24, 2.45) is 13.0 Å². The van der Waals surface area contributed by atoms with E-state index < -0.39 is 27.0 Å². The summed E-state index contributed by atoms with van der Waals surface area (Å²) in [5, 5.41) is 6.56. The lowest BCUT2D eigenvalue weighted by atomic mass is 10.00. The topological polar surface area (TPSA) is 106 Å². The van der Waals surface area contributed by atoms with E-state index in [4.69, 9.17) is 0 Å². The summed E-state index contributed by atoms with van der Waals surface area (Å²) in [6.45, 7) is 2.50. The number of hydrogen-bond donors (Lipinski definition) is 1. The number of likely N-dealkylation sites (tertiary alicyclic amines) is 1. The third-order valence-corrected chi connectivity index (χ3v) is 7.91. The molecule has 28 heavy (non-hydrogen) atoms. The predicted octanol–water partition coefficient (Wildman–Crippen LogP) is -0.891. The Morgan fingerprint density at radius 2 is 2.11 bits per heavy atom. The van der Waals surface area contributed by atoms with Crippen molar-refractivity contribution in [2.75, 3.05) is 25.4 Å². The second-order valence-corrected chi connectivity index (χ2v) is 9.77. The molecule has 0 bridgehead atoms. The Bertz CT molecular complexity index is 1030. The van der Waals surface area contributed by atoms with Crippen molar-refractivity contribution in [2.45, 2.75) is 17.8 Å². The fourth-order valence-electron chi connectivity index (χ4n) is 4.09. The molecule has 3 atom stereocenters. The van der Waals surface area contributed by atoms with E-state index in [2.05, 4.69) is 15.3 Å². The molecule has 2 aliphatic rings. The molecule has 0 spiro atoms. The summed E-state index contributed by atoms with van der Waals surface area (Å²) < 4.78 is 28.4. The average molecular weight is 405 g/mol. The second kappa shape index (κ2) is 7.17. The van der Waals surface area contributed by atoms with Gasteiger partial charge in [0.05, 0.1) is 17.5 Å². The van der Waals surface area contributed by atoms with Crippen LogP contribution in [-0.4, -0.2) is 70.3 Å². The van der Waals surface area contributed by atoms with E-state index in [1.807, 2.05) is 16.9 Å². The Kier molecular flexibility index (Phi) is 4.84. The molecule has 2 aliphatic heterocycles. The van der Waals surface area contributed by atoms with Crippen LogP contribution in [0.5, 0.6) is 0 Å². The third kappa shape index (κ3) is 3.61. The van der Waals surface area contributed by atoms with Crippen LogP contribution in [0.25, 0.3) is 0 Å². The van der Waals surface area contributed by atoms with Gasteiger partial charge in [-0.2, -0.15) is 5.10 Å². The predicted molar refractivity (Wildman–Crippen MR) is 103 cm³/mol. The van der Waals surface area contributed by atoms with Gasteiger partial charge in [0.25, 0.3) is 11.5 Å². The largest absolute Gasteiger partial charge is 0.348 e. The van der Waals surface area contributed by atoms with Crippen molar-refractivity contribution in [3.63, 3.8) is 0 Å². The van der Waals surface area contributed by atoms with Crippen molar-refractivity contribution < 1.29 is 13.2 Å². The van der Waals surface area contributed by atoms with Gasteiger partial charge in [0.15, 0.2) is 9.84 Å². The van der Waals surface area contributed by atoms with Crippen molar-refractivity contribution in [3.8, 4) is 0 Å².